The number of esters is 1. The largest absolute Gasteiger partial charge is 0.480 e. The predicted molar refractivity (Wildman–Crippen MR) is 65.0 cm³/mol. The van der Waals surface area contributed by atoms with Gasteiger partial charge < -0.3 is 29.9 Å². The number of aliphatic hydroxyl groups excluding tert-OH is 1. The molecule has 1 fully saturated rings. The van der Waals surface area contributed by atoms with Crippen molar-refractivity contribution in [1.82, 2.24) is 10.2 Å². The number of morpholine rings is 1. The molecule has 0 bridgehead atoms. The van der Waals surface area contributed by atoms with Gasteiger partial charge in [-0.15, -0.1) is 0 Å². The minimum Gasteiger partial charge on any atom is -0.480 e. The van der Waals surface area contributed by atoms with Gasteiger partial charge in [-0.05, 0) is 0 Å². The van der Waals surface area contributed by atoms with Crippen LogP contribution >= 0.6 is 0 Å². The summed E-state index contributed by atoms with van der Waals surface area (Å²) in [6, 6.07) is -1.98. The van der Waals surface area contributed by atoms with Gasteiger partial charge in [0.1, 0.15) is 0 Å². The Morgan fingerprint density at radius 3 is 2.75 bits per heavy atom. The van der Waals surface area contributed by atoms with Crippen molar-refractivity contribution in [3.63, 3.8) is 0 Å². The molecule has 1 heterocycles. The van der Waals surface area contributed by atoms with Gasteiger partial charge in [-0.2, -0.15) is 0 Å². The molecular weight excluding hydrogens is 272 g/mol. The van der Waals surface area contributed by atoms with Gasteiger partial charge in [-0.25, -0.2) is 9.59 Å². The van der Waals surface area contributed by atoms with Gasteiger partial charge in [0.05, 0.1) is 32.8 Å². The molecule has 9 nitrogen and oxygen atoms in total. The van der Waals surface area contributed by atoms with Crippen LogP contribution in [0.2, 0.25) is 0 Å². The SMILES string of the molecule is COC(=O)CC1CN(C(=O)N[C@@H](CO)C(=O)O)CCO1. The number of carbonyl (C=O) groups excluding carboxylic acids is 2. The van der Waals surface area contributed by atoms with Crippen molar-refractivity contribution in [1.29, 1.82) is 0 Å². The van der Waals surface area contributed by atoms with E-state index in [9.17, 15) is 14.4 Å². The lowest BCUT2D eigenvalue weighted by Crippen LogP contribution is -2.54. The topological polar surface area (TPSA) is 125 Å². The molecule has 0 saturated carbocycles. The van der Waals surface area contributed by atoms with Gasteiger partial charge in [0.25, 0.3) is 0 Å². The van der Waals surface area contributed by atoms with Crippen LogP contribution in [-0.4, -0.2) is 78.6 Å². The second-order valence-corrected chi connectivity index (χ2v) is 4.24. The Bertz CT molecular complexity index is 374. The lowest BCUT2D eigenvalue weighted by Gasteiger charge is -2.33. The van der Waals surface area contributed by atoms with E-state index in [-0.39, 0.29) is 26.1 Å². The zero-order valence-corrected chi connectivity index (χ0v) is 11.1. The van der Waals surface area contributed by atoms with Gasteiger partial charge in [-0.1, -0.05) is 0 Å². The summed E-state index contributed by atoms with van der Waals surface area (Å²) in [6.45, 7) is -0.0249. The molecule has 1 aliphatic heterocycles. The van der Waals surface area contributed by atoms with Crippen LogP contribution in [0.3, 0.4) is 0 Å². The Balaban J connectivity index is 2.51. The molecule has 9 heteroatoms. The van der Waals surface area contributed by atoms with E-state index in [0.717, 1.165) is 0 Å². The van der Waals surface area contributed by atoms with Crippen LogP contribution in [0, 0.1) is 0 Å². The zero-order chi connectivity index (χ0) is 15.1. The Morgan fingerprint density at radius 1 is 1.50 bits per heavy atom. The number of carbonyl (C=O) groups is 3. The fraction of sp³-hybridized carbons (Fsp3) is 0.727. The maximum absolute atomic E-state index is 11.8. The smallest absolute Gasteiger partial charge is 0.328 e. The summed E-state index contributed by atoms with van der Waals surface area (Å²) in [4.78, 5) is 35.0. The summed E-state index contributed by atoms with van der Waals surface area (Å²) < 4.78 is 9.83. The summed E-state index contributed by atoms with van der Waals surface area (Å²) in [7, 11) is 1.26. The van der Waals surface area contributed by atoms with E-state index in [0.29, 0.717) is 0 Å². The number of hydrogen-bond acceptors (Lipinski definition) is 6. The van der Waals surface area contributed by atoms with Gasteiger partial charge in [0.15, 0.2) is 6.04 Å². The fourth-order valence-corrected chi connectivity index (χ4v) is 1.72. The number of carboxylic acid groups (broad SMARTS) is 1. The number of rotatable bonds is 5. The predicted octanol–water partition coefficient (Wildman–Crippen LogP) is -1.59. The number of nitrogens with one attached hydrogen (secondary N) is 1. The summed E-state index contributed by atoms with van der Waals surface area (Å²) in [5, 5.41) is 19.8. The summed E-state index contributed by atoms with van der Waals surface area (Å²) in [5.41, 5.74) is 0. The van der Waals surface area contributed by atoms with Crippen molar-refractivity contribution in [2.24, 2.45) is 0 Å². The maximum Gasteiger partial charge on any atom is 0.328 e. The number of ether oxygens (including phenoxy) is 2. The number of methoxy groups -OCH3 is 1. The van der Waals surface area contributed by atoms with Gasteiger partial charge in [-0.3, -0.25) is 4.79 Å². The quantitative estimate of drug-likeness (QED) is 0.521. The molecule has 2 amide bonds. The Labute approximate surface area is 115 Å². The van der Waals surface area contributed by atoms with Crippen LogP contribution in [0.5, 0.6) is 0 Å². The van der Waals surface area contributed by atoms with Gasteiger partial charge in [0, 0.05) is 13.1 Å². The number of aliphatic hydroxyl groups is 1. The third kappa shape index (κ3) is 4.67. The minimum atomic E-state index is -1.36. The molecule has 20 heavy (non-hydrogen) atoms. The molecule has 0 spiro atoms. The molecule has 1 aliphatic rings. The number of nitrogens with zero attached hydrogens (tertiary/aromatic N) is 1. The van der Waals surface area contributed by atoms with E-state index >= 15 is 0 Å². The Morgan fingerprint density at radius 2 is 2.20 bits per heavy atom. The van der Waals surface area contributed by atoms with E-state index in [1.807, 2.05) is 0 Å². The lowest BCUT2D eigenvalue weighted by atomic mass is 10.2. The molecule has 0 aliphatic carbocycles. The number of carboxylic acids is 1. The van der Waals surface area contributed by atoms with Gasteiger partial charge >= 0.3 is 18.0 Å². The number of amides is 2. The van der Waals surface area contributed by atoms with Crippen molar-refractivity contribution in [3.05, 3.63) is 0 Å². The van der Waals surface area contributed by atoms with Crippen molar-refractivity contribution in [2.45, 2.75) is 18.6 Å². The summed E-state index contributed by atoms with van der Waals surface area (Å²) in [5.74, 6) is -1.77. The average Bonchev–Trinajstić information content (AvgIpc) is 2.44. The van der Waals surface area contributed by atoms with Crippen LogP contribution < -0.4 is 5.32 Å². The highest BCUT2D eigenvalue weighted by Gasteiger charge is 2.28. The normalized spacial score (nSPS) is 20.1. The van der Waals surface area contributed by atoms with E-state index in [1.54, 1.807) is 0 Å². The van der Waals surface area contributed by atoms with E-state index < -0.39 is 36.7 Å². The second kappa shape index (κ2) is 7.65. The maximum atomic E-state index is 11.8. The molecule has 114 valence electrons. The van der Waals surface area contributed by atoms with Crippen LogP contribution in [0.4, 0.5) is 4.79 Å². The van der Waals surface area contributed by atoms with Crippen molar-refractivity contribution in [2.75, 3.05) is 33.4 Å². The van der Waals surface area contributed by atoms with Crippen LogP contribution in [0.15, 0.2) is 0 Å². The summed E-state index contributed by atoms with van der Waals surface area (Å²) >= 11 is 0. The van der Waals surface area contributed by atoms with Crippen molar-refractivity contribution in [3.8, 4) is 0 Å². The first-order valence-electron chi connectivity index (χ1n) is 6.05. The first-order valence-corrected chi connectivity index (χ1v) is 6.05. The number of urea groups is 1. The standard InChI is InChI=1S/C11H18N2O7/c1-19-9(15)4-7-5-13(2-3-20-7)11(18)12-8(6-14)10(16)17/h7-8,14H,2-6H2,1H3,(H,12,18)(H,16,17)/t7?,8-/m0/s1. The molecule has 1 unspecified atom stereocenters. The molecule has 1 rings (SSSR count). The van der Waals surface area contributed by atoms with E-state index in [2.05, 4.69) is 10.1 Å². The molecule has 2 atom stereocenters. The van der Waals surface area contributed by atoms with Crippen LogP contribution in [-0.2, 0) is 19.1 Å². The molecule has 0 aromatic carbocycles. The minimum absolute atomic E-state index is 0.0165. The highest BCUT2D eigenvalue weighted by molar-refractivity contribution is 5.82. The second-order valence-electron chi connectivity index (χ2n) is 4.24. The van der Waals surface area contributed by atoms with E-state index in [4.69, 9.17) is 14.9 Å². The highest BCUT2D eigenvalue weighted by Crippen LogP contribution is 2.09. The fourth-order valence-electron chi connectivity index (χ4n) is 1.72. The number of aliphatic carboxylic acids is 1. The van der Waals surface area contributed by atoms with Crippen LogP contribution in [0.25, 0.3) is 0 Å². The average molecular weight is 290 g/mol. The third-order valence-corrected chi connectivity index (χ3v) is 2.83. The summed E-state index contributed by atoms with van der Waals surface area (Å²) in [6.07, 6.45) is -0.470. The molecular formula is C11H18N2O7. The molecule has 3 N–H and O–H groups in total. The van der Waals surface area contributed by atoms with Crippen LogP contribution in [0.1, 0.15) is 6.42 Å². The van der Waals surface area contributed by atoms with Crippen molar-refractivity contribution < 1.29 is 34.1 Å². The Kier molecular flexibility index (Phi) is 6.19. The van der Waals surface area contributed by atoms with Gasteiger partial charge in [0.2, 0.25) is 0 Å². The molecule has 0 radical (unpaired) electrons. The Hall–Kier alpha value is -1.87. The first kappa shape index (κ1) is 16.2. The molecule has 0 aromatic heterocycles. The highest BCUT2D eigenvalue weighted by atomic mass is 16.5. The third-order valence-electron chi connectivity index (χ3n) is 2.83. The number of hydrogen-bond donors (Lipinski definition) is 3. The zero-order valence-electron chi connectivity index (χ0n) is 11.1. The van der Waals surface area contributed by atoms with E-state index in [1.165, 1.54) is 12.0 Å². The first-order chi connectivity index (χ1) is 9.47. The molecule has 1 saturated heterocycles. The monoisotopic (exact) mass is 290 g/mol. The van der Waals surface area contributed by atoms with Crippen molar-refractivity contribution >= 4 is 18.0 Å². The lowest BCUT2D eigenvalue weighted by molar-refractivity contribution is -0.145. The molecule has 0 aromatic rings.